The number of alkyl halides is 18. The molecule has 1 rings (SSSR count). The van der Waals surface area contributed by atoms with E-state index >= 15 is 0 Å². The van der Waals surface area contributed by atoms with Crippen molar-refractivity contribution in [3.05, 3.63) is 0 Å². The molecule has 0 radical (unpaired) electrons. The number of rotatable bonds is 7. The Balaban J connectivity index is 3.66. The molecule has 0 aliphatic heterocycles. The Morgan fingerprint density at radius 2 is 0.875 bits per heavy atom. The van der Waals surface area contributed by atoms with Crippen LogP contribution >= 0.6 is 11.6 Å². The zero-order valence-corrected chi connectivity index (χ0v) is 15.8. The molecule has 0 aromatic carbocycles. The van der Waals surface area contributed by atoms with Crippen molar-refractivity contribution in [2.45, 2.75) is 78.7 Å². The van der Waals surface area contributed by atoms with Crippen LogP contribution in [0.4, 0.5) is 74.6 Å². The van der Waals surface area contributed by atoms with Crippen molar-refractivity contribution in [2.24, 2.45) is 5.92 Å². The molecule has 0 aromatic heterocycles. The highest BCUT2D eigenvalue weighted by Gasteiger charge is 2.95. The quantitative estimate of drug-likeness (QED) is 0.230. The lowest BCUT2D eigenvalue weighted by Crippen LogP contribution is -2.75. The molecule has 2 atom stereocenters. The molecule has 1 aliphatic carbocycles. The fourth-order valence-electron chi connectivity index (χ4n) is 3.08. The van der Waals surface area contributed by atoms with Crippen LogP contribution in [0.3, 0.4) is 0 Å². The largest absolute Gasteiger partial charge is 0.460 e. The van der Waals surface area contributed by atoms with Crippen LogP contribution in [-0.2, 0) is 0 Å². The normalized spacial score (nSPS) is 25.4. The second-order valence-corrected chi connectivity index (χ2v) is 8.15. The van der Waals surface area contributed by atoms with Crippen molar-refractivity contribution in [1.29, 1.82) is 0 Å². The fourth-order valence-corrected chi connectivity index (χ4v) is 3.46. The third-order valence-corrected chi connectivity index (χ3v) is 5.52. The van der Waals surface area contributed by atoms with Gasteiger partial charge in [-0.3, -0.25) is 0 Å². The molecule has 0 saturated heterocycles. The second kappa shape index (κ2) is 7.30. The molecule has 32 heavy (non-hydrogen) atoms. The highest BCUT2D eigenvalue weighted by atomic mass is 35.5. The number of hydrogen-bond acceptors (Lipinski definition) is 0. The minimum atomic E-state index is -8.61. The van der Waals surface area contributed by atoms with E-state index in [1.165, 1.54) is 0 Å². The van der Waals surface area contributed by atoms with Gasteiger partial charge >= 0.3 is 47.6 Å². The van der Waals surface area contributed by atoms with Gasteiger partial charge in [0.05, 0.1) is 4.87 Å². The molecule has 0 N–H and O–H groups in total. The van der Waals surface area contributed by atoms with Crippen molar-refractivity contribution >= 4 is 11.6 Å². The minimum absolute atomic E-state index is 0.482. The van der Waals surface area contributed by atoms with Crippen molar-refractivity contribution in [2.75, 3.05) is 0 Å². The Kier molecular flexibility index (Phi) is 6.64. The standard InChI is InChI=1S/C14H10ClF17/c1-6(15)4-2-3-5(6)7(16,17)8(18,19)9(20,21)10(22,23)11(24,25)12(26,27)13(28,29)14(30,31)32/h5H,2-4H2,1H3. The van der Waals surface area contributed by atoms with E-state index in [0.29, 0.717) is 6.92 Å². The van der Waals surface area contributed by atoms with Crippen molar-refractivity contribution < 1.29 is 74.6 Å². The average Bonchev–Trinajstić information content (AvgIpc) is 2.92. The molecule has 0 nitrogen and oxygen atoms in total. The Bertz CT molecular complexity index is 705. The molecule has 192 valence electrons. The summed E-state index contributed by atoms with van der Waals surface area (Å²) in [6, 6.07) is 0. The summed E-state index contributed by atoms with van der Waals surface area (Å²) >= 11 is 5.42. The van der Waals surface area contributed by atoms with E-state index < -0.39 is 77.7 Å². The van der Waals surface area contributed by atoms with Crippen LogP contribution in [0.25, 0.3) is 0 Å². The highest BCUT2D eigenvalue weighted by molar-refractivity contribution is 6.24. The first kappa shape index (κ1) is 29.1. The van der Waals surface area contributed by atoms with Gasteiger partial charge in [-0.25, -0.2) is 0 Å². The van der Waals surface area contributed by atoms with Gasteiger partial charge < -0.3 is 0 Å². The van der Waals surface area contributed by atoms with Crippen molar-refractivity contribution in [3.8, 4) is 0 Å². The van der Waals surface area contributed by atoms with E-state index in [1.807, 2.05) is 0 Å². The molecule has 0 spiro atoms. The molecule has 1 fully saturated rings. The van der Waals surface area contributed by atoms with Gasteiger partial charge in [0.2, 0.25) is 0 Å². The molecule has 0 bridgehead atoms. The maximum Gasteiger partial charge on any atom is 0.460 e. The molecule has 18 heteroatoms. The molecular weight excluding hydrogens is 527 g/mol. The summed E-state index contributed by atoms with van der Waals surface area (Å²) in [5, 5.41) is 0. The topological polar surface area (TPSA) is 0 Å². The third kappa shape index (κ3) is 3.49. The molecular formula is C14H10ClF17. The number of halogens is 18. The zero-order chi connectivity index (χ0) is 26.2. The summed E-state index contributed by atoms with van der Waals surface area (Å²) in [6.07, 6.45) is -10.0. The van der Waals surface area contributed by atoms with E-state index in [2.05, 4.69) is 0 Å². The molecule has 1 saturated carbocycles. The van der Waals surface area contributed by atoms with Gasteiger partial charge in [0, 0.05) is 5.92 Å². The smallest absolute Gasteiger partial charge is 0.199 e. The summed E-state index contributed by atoms with van der Waals surface area (Å²) < 4.78 is 225. The Labute approximate surface area is 172 Å². The van der Waals surface area contributed by atoms with Gasteiger partial charge in [0.1, 0.15) is 0 Å². The van der Waals surface area contributed by atoms with E-state index in [4.69, 9.17) is 11.6 Å². The third-order valence-electron chi connectivity index (χ3n) is 5.07. The van der Waals surface area contributed by atoms with Gasteiger partial charge in [-0.05, 0) is 19.8 Å². The van der Waals surface area contributed by atoms with Crippen LogP contribution in [0.15, 0.2) is 0 Å². The van der Waals surface area contributed by atoms with Gasteiger partial charge in [0.15, 0.2) is 0 Å². The second-order valence-electron chi connectivity index (χ2n) is 7.29. The SMILES string of the molecule is CC1(Cl)CCCC1C(F)(F)C(F)(F)C(F)(F)C(F)(F)C(F)(F)C(F)(F)C(F)(F)C(F)(F)F. The number of hydrogen-bond donors (Lipinski definition) is 0. The minimum Gasteiger partial charge on any atom is -0.199 e. The van der Waals surface area contributed by atoms with Crippen LogP contribution in [-0.4, -0.2) is 52.5 Å². The summed E-state index contributed by atoms with van der Waals surface area (Å²) in [4.78, 5) is -2.51. The van der Waals surface area contributed by atoms with Gasteiger partial charge in [0.25, 0.3) is 0 Å². The lowest BCUT2D eigenvalue weighted by Gasteiger charge is -2.44. The predicted octanol–water partition coefficient (Wildman–Crippen LogP) is 7.79. The van der Waals surface area contributed by atoms with Crippen LogP contribution in [0.2, 0.25) is 0 Å². The molecule has 1 aliphatic rings. The first-order chi connectivity index (χ1) is 13.6. The van der Waals surface area contributed by atoms with E-state index in [1.54, 1.807) is 0 Å². The lowest BCUT2D eigenvalue weighted by molar-refractivity contribution is -0.463. The fraction of sp³-hybridized carbons (Fsp3) is 1.00. The van der Waals surface area contributed by atoms with Gasteiger partial charge in [-0.1, -0.05) is 6.42 Å². The Hall–Kier alpha value is -0.900. The zero-order valence-electron chi connectivity index (χ0n) is 15.0. The van der Waals surface area contributed by atoms with E-state index in [0.717, 1.165) is 0 Å². The maximum absolute atomic E-state index is 14.1. The Morgan fingerprint density at radius 3 is 1.16 bits per heavy atom. The first-order valence-electron chi connectivity index (χ1n) is 7.99. The Morgan fingerprint density at radius 1 is 0.562 bits per heavy atom. The molecule has 0 heterocycles. The van der Waals surface area contributed by atoms with Crippen molar-refractivity contribution in [1.82, 2.24) is 0 Å². The van der Waals surface area contributed by atoms with Crippen LogP contribution in [0.5, 0.6) is 0 Å². The molecule has 2 unspecified atom stereocenters. The van der Waals surface area contributed by atoms with Gasteiger partial charge in [-0.15, -0.1) is 11.6 Å². The monoisotopic (exact) mass is 536 g/mol. The maximum atomic E-state index is 14.1. The van der Waals surface area contributed by atoms with Gasteiger partial charge in [-0.2, -0.15) is 74.6 Å². The summed E-state index contributed by atoms with van der Waals surface area (Å²) in [6.45, 7) is 0.555. The predicted molar refractivity (Wildman–Crippen MR) is 72.3 cm³/mol. The van der Waals surface area contributed by atoms with Crippen LogP contribution in [0, 0.1) is 5.92 Å². The summed E-state index contributed by atoms with van der Waals surface area (Å²) in [5.41, 5.74) is 0. The molecule has 0 aromatic rings. The average molecular weight is 537 g/mol. The van der Waals surface area contributed by atoms with E-state index in [-0.39, 0.29) is 0 Å². The van der Waals surface area contributed by atoms with E-state index in [9.17, 15) is 74.6 Å². The molecule has 0 amide bonds. The van der Waals surface area contributed by atoms with Crippen molar-refractivity contribution in [3.63, 3.8) is 0 Å². The lowest BCUT2D eigenvalue weighted by atomic mass is 9.81. The van der Waals surface area contributed by atoms with Crippen LogP contribution in [0.1, 0.15) is 26.2 Å². The highest BCUT2D eigenvalue weighted by Crippen LogP contribution is 2.66. The van der Waals surface area contributed by atoms with Crippen LogP contribution < -0.4 is 0 Å². The summed E-state index contributed by atoms with van der Waals surface area (Å²) in [5.74, 6) is -59.3. The summed E-state index contributed by atoms with van der Waals surface area (Å²) in [7, 11) is 0. The first-order valence-corrected chi connectivity index (χ1v) is 8.37.